The summed E-state index contributed by atoms with van der Waals surface area (Å²) in [5.41, 5.74) is 7.52. The number of carbonyl (C=O) groups excluding carboxylic acids is 1. The fourth-order valence-corrected chi connectivity index (χ4v) is 5.57. The number of halogens is 1. The number of rotatable bonds is 8. The molecule has 6 aromatic rings. The number of sulfonamides is 1. The highest BCUT2D eigenvalue weighted by atomic mass is 32.2. The molecule has 4 N–H and O–H groups in total. The molecule has 216 valence electrons. The molecule has 1 amide bonds. The quantitative estimate of drug-likeness (QED) is 0.186. The summed E-state index contributed by atoms with van der Waals surface area (Å²) in [7, 11) is -3.43. The highest BCUT2D eigenvalue weighted by Crippen LogP contribution is 2.35. The lowest BCUT2D eigenvalue weighted by Gasteiger charge is -2.08. The maximum atomic E-state index is 14.6. The summed E-state index contributed by atoms with van der Waals surface area (Å²) in [5.74, 6) is -0.364. The molecule has 2 aromatic carbocycles. The number of benzene rings is 2. The number of H-pyrrole nitrogens is 2. The second kappa shape index (κ2) is 10.4. The Morgan fingerprint density at radius 2 is 1.88 bits per heavy atom. The topological polar surface area (TPSA) is 146 Å². The van der Waals surface area contributed by atoms with E-state index in [1.165, 1.54) is 12.1 Å². The first-order valence-corrected chi connectivity index (χ1v) is 15.6. The van der Waals surface area contributed by atoms with Gasteiger partial charge in [-0.25, -0.2) is 22.5 Å². The van der Waals surface area contributed by atoms with Crippen molar-refractivity contribution in [3.05, 3.63) is 84.4 Å². The van der Waals surface area contributed by atoms with Crippen LogP contribution in [0.4, 0.5) is 10.1 Å². The van der Waals surface area contributed by atoms with Gasteiger partial charge in [-0.3, -0.25) is 14.9 Å². The number of fused-ring (bicyclic) bond motifs is 2. The van der Waals surface area contributed by atoms with Crippen molar-refractivity contribution in [1.29, 1.82) is 0 Å². The van der Waals surface area contributed by atoms with Gasteiger partial charge >= 0.3 is 0 Å². The Hall–Kier alpha value is -4.94. The van der Waals surface area contributed by atoms with Gasteiger partial charge in [0, 0.05) is 35.1 Å². The minimum Gasteiger partial charge on any atom is -0.353 e. The number of nitrogens with zero attached hydrogens (tertiary/aromatic N) is 3. The monoisotopic (exact) mass is 595 g/mol. The van der Waals surface area contributed by atoms with Gasteiger partial charge in [0.25, 0.3) is 0 Å². The van der Waals surface area contributed by atoms with E-state index in [-0.39, 0.29) is 18.4 Å². The van der Waals surface area contributed by atoms with Crippen LogP contribution in [-0.2, 0) is 21.4 Å². The van der Waals surface area contributed by atoms with Crippen LogP contribution in [-0.4, -0.2) is 45.7 Å². The van der Waals surface area contributed by atoms with Crippen LogP contribution >= 0.6 is 0 Å². The largest absolute Gasteiger partial charge is 0.353 e. The highest BCUT2D eigenvalue weighted by Gasteiger charge is 2.29. The van der Waals surface area contributed by atoms with Gasteiger partial charge in [-0.2, -0.15) is 5.10 Å². The lowest BCUT2D eigenvalue weighted by Crippen LogP contribution is -2.21. The molecule has 1 saturated carbocycles. The van der Waals surface area contributed by atoms with Crippen molar-refractivity contribution in [3.8, 4) is 33.8 Å². The predicted molar refractivity (Wildman–Crippen MR) is 163 cm³/mol. The van der Waals surface area contributed by atoms with Gasteiger partial charge in [-0.05, 0) is 78.1 Å². The minimum atomic E-state index is -3.43. The lowest BCUT2D eigenvalue weighted by molar-refractivity contribution is -0.117. The zero-order valence-electron chi connectivity index (χ0n) is 23.0. The summed E-state index contributed by atoms with van der Waals surface area (Å²) >= 11 is 0. The van der Waals surface area contributed by atoms with Crippen LogP contribution in [0.25, 0.3) is 55.7 Å². The molecule has 1 aliphatic rings. The van der Waals surface area contributed by atoms with Crippen LogP contribution in [0.5, 0.6) is 0 Å². The zero-order chi connectivity index (χ0) is 29.7. The molecule has 0 atom stereocenters. The summed E-state index contributed by atoms with van der Waals surface area (Å²) in [5, 5.41) is 11.4. The highest BCUT2D eigenvalue weighted by molar-refractivity contribution is 7.88. The van der Waals surface area contributed by atoms with Gasteiger partial charge in [0.2, 0.25) is 15.9 Å². The van der Waals surface area contributed by atoms with Crippen molar-refractivity contribution in [1.82, 2.24) is 29.9 Å². The third kappa shape index (κ3) is 5.62. The van der Waals surface area contributed by atoms with Crippen LogP contribution in [0.2, 0.25) is 0 Å². The molecule has 7 rings (SSSR count). The van der Waals surface area contributed by atoms with E-state index in [0.717, 1.165) is 52.3 Å². The van der Waals surface area contributed by atoms with Crippen molar-refractivity contribution in [2.75, 3.05) is 11.6 Å². The number of aromatic amines is 2. The van der Waals surface area contributed by atoms with E-state index in [1.54, 1.807) is 18.5 Å². The Kier molecular flexibility index (Phi) is 6.51. The zero-order valence-corrected chi connectivity index (χ0v) is 23.8. The number of carbonyl (C=O) groups is 1. The number of nitrogens with one attached hydrogen (secondary N) is 4. The molecule has 12 heteroatoms. The Bertz CT molecular complexity index is 2150. The molecular weight excluding hydrogens is 569 g/mol. The molecule has 0 unspecified atom stereocenters. The number of amides is 1. The molecular formula is C31H26FN7O3S. The third-order valence-electron chi connectivity index (χ3n) is 7.38. The molecule has 0 aliphatic heterocycles. The summed E-state index contributed by atoms with van der Waals surface area (Å²) < 4.78 is 40.2. The van der Waals surface area contributed by atoms with Crippen molar-refractivity contribution in [3.63, 3.8) is 0 Å². The first-order chi connectivity index (χ1) is 20.7. The number of anilines is 1. The molecule has 0 bridgehead atoms. The van der Waals surface area contributed by atoms with Crippen LogP contribution in [0, 0.1) is 11.7 Å². The molecule has 4 aromatic heterocycles. The second-order valence-electron chi connectivity index (χ2n) is 10.8. The number of aromatic nitrogens is 5. The average molecular weight is 596 g/mol. The maximum absolute atomic E-state index is 14.6. The lowest BCUT2D eigenvalue weighted by atomic mass is 9.99. The number of hydrogen-bond acceptors (Lipinski definition) is 6. The van der Waals surface area contributed by atoms with Gasteiger partial charge < -0.3 is 10.3 Å². The summed E-state index contributed by atoms with van der Waals surface area (Å²) in [6.45, 7) is -0.0173. The number of pyridine rings is 2. The Morgan fingerprint density at radius 1 is 1.02 bits per heavy atom. The third-order valence-corrected chi connectivity index (χ3v) is 8.05. The minimum absolute atomic E-state index is 0.0118. The molecule has 0 radical (unpaired) electrons. The summed E-state index contributed by atoms with van der Waals surface area (Å²) in [6, 6.07) is 17.8. The van der Waals surface area contributed by atoms with E-state index in [9.17, 15) is 17.6 Å². The maximum Gasteiger partial charge on any atom is 0.227 e. The Labute approximate surface area is 245 Å². The molecule has 1 aliphatic carbocycles. The van der Waals surface area contributed by atoms with Crippen molar-refractivity contribution in [2.45, 2.75) is 19.4 Å². The summed E-state index contributed by atoms with van der Waals surface area (Å²) in [4.78, 5) is 24.8. The summed E-state index contributed by atoms with van der Waals surface area (Å²) in [6.07, 6.45) is 6.23. The van der Waals surface area contributed by atoms with Gasteiger partial charge in [-0.15, -0.1) is 0 Å². The normalized spacial score (nSPS) is 13.5. The van der Waals surface area contributed by atoms with E-state index in [1.807, 2.05) is 42.5 Å². The number of hydrogen-bond donors (Lipinski definition) is 4. The van der Waals surface area contributed by atoms with E-state index >= 15 is 0 Å². The van der Waals surface area contributed by atoms with Crippen LogP contribution in [0.15, 0.2) is 73.1 Å². The molecule has 43 heavy (non-hydrogen) atoms. The first-order valence-electron chi connectivity index (χ1n) is 13.7. The van der Waals surface area contributed by atoms with E-state index in [2.05, 4.69) is 30.2 Å². The van der Waals surface area contributed by atoms with Gasteiger partial charge in [-0.1, -0.05) is 12.1 Å². The standard InChI is InChI=1S/C31H26FN7O3S/c1-43(41,42)34-14-17-9-19(11-21(32)10-17)23-3-2-4-26-24(23)13-28(36-26)30-29-27(38-39-30)8-7-25(37-29)20-12-22(16-33-15-20)35-31(40)18-5-6-18/h2-4,7-13,15-16,18,34,36H,5-6,14H2,1H3,(H,35,40)(H,38,39). The second-order valence-corrected chi connectivity index (χ2v) is 12.6. The average Bonchev–Trinajstić information content (AvgIpc) is 3.61. The smallest absolute Gasteiger partial charge is 0.227 e. The SMILES string of the molecule is CS(=O)(=O)NCc1cc(F)cc(-c2cccc3[nH]c(-c4n[nH]c5ccc(-c6cncc(NC(=O)C7CC7)c6)nc45)cc23)c1. The molecule has 4 heterocycles. The van der Waals surface area contributed by atoms with Crippen molar-refractivity contribution in [2.24, 2.45) is 5.92 Å². The van der Waals surface area contributed by atoms with Crippen LogP contribution < -0.4 is 10.0 Å². The molecule has 0 saturated heterocycles. The first kappa shape index (κ1) is 26.9. The van der Waals surface area contributed by atoms with Gasteiger partial charge in [0.05, 0.1) is 35.0 Å². The van der Waals surface area contributed by atoms with Crippen molar-refractivity contribution < 1.29 is 17.6 Å². The van der Waals surface area contributed by atoms with E-state index in [0.29, 0.717) is 33.7 Å². The fourth-order valence-electron chi connectivity index (χ4n) is 5.14. The van der Waals surface area contributed by atoms with Gasteiger partial charge in [0.1, 0.15) is 17.0 Å². The van der Waals surface area contributed by atoms with Crippen LogP contribution in [0.3, 0.4) is 0 Å². The van der Waals surface area contributed by atoms with E-state index < -0.39 is 15.8 Å². The molecule has 10 nitrogen and oxygen atoms in total. The van der Waals surface area contributed by atoms with E-state index in [4.69, 9.17) is 4.98 Å². The van der Waals surface area contributed by atoms with Gasteiger partial charge in [0.15, 0.2) is 0 Å². The Balaban J connectivity index is 1.25. The Morgan fingerprint density at radius 3 is 2.70 bits per heavy atom. The van der Waals surface area contributed by atoms with Crippen molar-refractivity contribution >= 4 is 43.6 Å². The molecule has 0 spiro atoms. The fraction of sp³-hybridized carbons (Fsp3) is 0.161. The van der Waals surface area contributed by atoms with Crippen LogP contribution in [0.1, 0.15) is 18.4 Å². The molecule has 1 fully saturated rings. The predicted octanol–water partition coefficient (Wildman–Crippen LogP) is 5.37.